The first-order chi connectivity index (χ1) is 7.17. The van der Waals surface area contributed by atoms with E-state index in [0.29, 0.717) is 13.0 Å². The van der Waals surface area contributed by atoms with E-state index in [-0.39, 0.29) is 18.8 Å². The first kappa shape index (κ1) is 12.8. The molecular formula is C9H18O6. The summed E-state index contributed by atoms with van der Waals surface area (Å²) in [5, 5.41) is 34.4. The maximum absolute atomic E-state index is 9.04. The van der Waals surface area contributed by atoms with Crippen molar-refractivity contribution < 1.29 is 29.9 Å². The standard InChI is InChI=1S/C6H12O4.C3H6O2/c7-2-6(9)5(8)1-4-3-10-4;4-1-3-2-5-3/h4-9H,1-3H2;3-4H,1-2H2. The average molecular weight is 222 g/mol. The molecule has 4 atom stereocenters. The zero-order valence-corrected chi connectivity index (χ0v) is 8.45. The van der Waals surface area contributed by atoms with Crippen molar-refractivity contribution in [3.8, 4) is 0 Å². The van der Waals surface area contributed by atoms with Crippen LogP contribution in [0.3, 0.4) is 0 Å². The van der Waals surface area contributed by atoms with Gasteiger partial charge in [-0.2, -0.15) is 0 Å². The maximum atomic E-state index is 9.04. The predicted octanol–water partition coefficient (Wildman–Crippen LogP) is -2.13. The Kier molecular flexibility index (Phi) is 5.44. The van der Waals surface area contributed by atoms with Gasteiger partial charge in [0.1, 0.15) is 12.2 Å². The van der Waals surface area contributed by atoms with Gasteiger partial charge in [-0.25, -0.2) is 0 Å². The number of rotatable bonds is 5. The number of ether oxygens (including phenoxy) is 2. The second-order valence-electron chi connectivity index (χ2n) is 3.65. The fourth-order valence-electron chi connectivity index (χ4n) is 0.926. The van der Waals surface area contributed by atoms with Crippen molar-refractivity contribution in [3.05, 3.63) is 0 Å². The van der Waals surface area contributed by atoms with E-state index in [9.17, 15) is 0 Å². The summed E-state index contributed by atoms with van der Waals surface area (Å²) in [4.78, 5) is 0. The zero-order valence-electron chi connectivity index (χ0n) is 8.45. The Morgan fingerprint density at radius 1 is 1.00 bits per heavy atom. The van der Waals surface area contributed by atoms with E-state index in [1.807, 2.05) is 0 Å². The van der Waals surface area contributed by atoms with Crippen molar-refractivity contribution in [3.63, 3.8) is 0 Å². The summed E-state index contributed by atoms with van der Waals surface area (Å²) in [7, 11) is 0. The van der Waals surface area contributed by atoms with Gasteiger partial charge in [-0.15, -0.1) is 0 Å². The van der Waals surface area contributed by atoms with E-state index in [1.54, 1.807) is 0 Å². The highest BCUT2D eigenvalue weighted by Crippen LogP contribution is 2.16. The lowest BCUT2D eigenvalue weighted by atomic mass is 10.1. The molecule has 0 spiro atoms. The van der Waals surface area contributed by atoms with E-state index in [2.05, 4.69) is 4.74 Å². The molecule has 0 aliphatic carbocycles. The fourth-order valence-corrected chi connectivity index (χ4v) is 0.926. The molecule has 2 aliphatic rings. The molecule has 6 nitrogen and oxygen atoms in total. The molecule has 0 bridgehead atoms. The number of hydrogen-bond acceptors (Lipinski definition) is 6. The second-order valence-corrected chi connectivity index (χ2v) is 3.65. The summed E-state index contributed by atoms with van der Waals surface area (Å²) in [6.07, 6.45) is -1.17. The molecular weight excluding hydrogens is 204 g/mol. The highest BCUT2D eigenvalue weighted by atomic mass is 16.6. The van der Waals surface area contributed by atoms with Gasteiger partial charge in [0.25, 0.3) is 0 Å². The third-order valence-corrected chi connectivity index (χ3v) is 2.14. The molecule has 6 heteroatoms. The van der Waals surface area contributed by atoms with Crippen molar-refractivity contribution in [1.29, 1.82) is 0 Å². The highest BCUT2D eigenvalue weighted by Gasteiger charge is 2.28. The lowest BCUT2D eigenvalue weighted by Crippen LogP contribution is -2.30. The van der Waals surface area contributed by atoms with Crippen LogP contribution in [0.5, 0.6) is 0 Å². The van der Waals surface area contributed by atoms with Crippen molar-refractivity contribution in [2.45, 2.75) is 30.8 Å². The monoisotopic (exact) mass is 222 g/mol. The molecule has 0 aromatic rings. The van der Waals surface area contributed by atoms with E-state index in [4.69, 9.17) is 25.2 Å². The van der Waals surface area contributed by atoms with Gasteiger partial charge in [0.15, 0.2) is 0 Å². The molecule has 0 amide bonds. The maximum Gasteiger partial charge on any atom is 0.104 e. The summed E-state index contributed by atoms with van der Waals surface area (Å²) in [6.45, 7) is 1.22. The Hall–Kier alpha value is -0.240. The Labute approximate surface area is 88.1 Å². The number of hydrogen-bond donors (Lipinski definition) is 4. The summed E-state index contributed by atoms with van der Waals surface area (Å²) in [5.74, 6) is 0. The minimum Gasteiger partial charge on any atom is -0.394 e. The third-order valence-electron chi connectivity index (χ3n) is 2.14. The van der Waals surface area contributed by atoms with Crippen LogP contribution in [0.2, 0.25) is 0 Å². The first-order valence-electron chi connectivity index (χ1n) is 4.98. The van der Waals surface area contributed by atoms with Gasteiger partial charge in [0.05, 0.1) is 38.6 Å². The van der Waals surface area contributed by atoms with Crippen LogP contribution in [-0.4, -0.2) is 71.3 Å². The van der Waals surface area contributed by atoms with Gasteiger partial charge in [-0.05, 0) is 0 Å². The van der Waals surface area contributed by atoms with Crippen LogP contribution < -0.4 is 0 Å². The third kappa shape index (κ3) is 6.03. The van der Waals surface area contributed by atoms with Crippen LogP contribution in [0.1, 0.15) is 6.42 Å². The first-order valence-corrected chi connectivity index (χ1v) is 4.98. The Morgan fingerprint density at radius 3 is 1.80 bits per heavy atom. The highest BCUT2D eigenvalue weighted by molar-refractivity contribution is 4.77. The Bertz CT molecular complexity index is 168. The molecule has 2 aliphatic heterocycles. The molecule has 0 saturated carbocycles. The minimum atomic E-state index is -1.02. The smallest absolute Gasteiger partial charge is 0.104 e. The number of epoxide rings is 2. The van der Waals surface area contributed by atoms with Crippen molar-refractivity contribution in [2.24, 2.45) is 0 Å². The van der Waals surface area contributed by atoms with Gasteiger partial charge in [0, 0.05) is 6.42 Å². The van der Waals surface area contributed by atoms with Crippen molar-refractivity contribution >= 4 is 0 Å². The zero-order chi connectivity index (χ0) is 11.3. The minimum absolute atomic E-state index is 0.0937. The average Bonchev–Trinajstić information content (AvgIpc) is 3.09. The summed E-state index contributed by atoms with van der Waals surface area (Å²) in [5.41, 5.74) is 0. The van der Waals surface area contributed by atoms with Crippen LogP contribution in [0.4, 0.5) is 0 Å². The molecule has 0 aromatic carbocycles. The molecule has 0 aromatic heterocycles. The molecule has 2 heterocycles. The molecule has 4 N–H and O–H groups in total. The fraction of sp³-hybridized carbons (Fsp3) is 1.00. The molecule has 0 radical (unpaired) electrons. The second kappa shape index (κ2) is 6.37. The van der Waals surface area contributed by atoms with Crippen molar-refractivity contribution in [1.82, 2.24) is 0 Å². The van der Waals surface area contributed by atoms with Crippen LogP contribution >= 0.6 is 0 Å². The number of aliphatic hydroxyl groups excluding tert-OH is 4. The van der Waals surface area contributed by atoms with Gasteiger partial charge in [-0.3, -0.25) is 0 Å². The normalized spacial score (nSPS) is 31.2. The molecule has 2 saturated heterocycles. The van der Waals surface area contributed by atoms with E-state index in [1.165, 1.54) is 0 Å². The molecule has 2 rings (SSSR count). The molecule has 15 heavy (non-hydrogen) atoms. The lowest BCUT2D eigenvalue weighted by molar-refractivity contribution is -0.0204. The summed E-state index contributed by atoms with van der Waals surface area (Å²) >= 11 is 0. The molecule has 4 unspecified atom stereocenters. The predicted molar refractivity (Wildman–Crippen MR) is 50.3 cm³/mol. The summed E-state index contributed by atoms with van der Waals surface area (Å²) in [6, 6.07) is 0. The Balaban J connectivity index is 0.000000187. The van der Waals surface area contributed by atoms with E-state index in [0.717, 1.165) is 6.61 Å². The Morgan fingerprint density at radius 2 is 1.53 bits per heavy atom. The largest absolute Gasteiger partial charge is 0.394 e. The van der Waals surface area contributed by atoms with Gasteiger partial charge in [-0.1, -0.05) is 0 Å². The van der Waals surface area contributed by atoms with E-state index < -0.39 is 18.8 Å². The van der Waals surface area contributed by atoms with Crippen LogP contribution in [0.25, 0.3) is 0 Å². The van der Waals surface area contributed by atoms with Gasteiger partial charge in [0.2, 0.25) is 0 Å². The summed E-state index contributed by atoms with van der Waals surface area (Å²) < 4.78 is 9.43. The van der Waals surface area contributed by atoms with E-state index >= 15 is 0 Å². The van der Waals surface area contributed by atoms with Crippen LogP contribution in [-0.2, 0) is 9.47 Å². The quantitative estimate of drug-likeness (QED) is 0.396. The van der Waals surface area contributed by atoms with Crippen molar-refractivity contribution in [2.75, 3.05) is 26.4 Å². The van der Waals surface area contributed by atoms with Gasteiger partial charge >= 0.3 is 0 Å². The van der Waals surface area contributed by atoms with Crippen LogP contribution in [0.15, 0.2) is 0 Å². The molecule has 90 valence electrons. The van der Waals surface area contributed by atoms with Gasteiger partial charge < -0.3 is 29.9 Å². The lowest BCUT2D eigenvalue weighted by Gasteiger charge is -2.13. The SMILES string of the molecule is OCC(O)C(O)CC1CO1.OCC1CO1. The van der Waals surface area contributed by atoms with Crippen LogP contribution in [0, 0.1) is 0 Å². The topological polar surface area (TPSA) is 106 Å². The molecule has 2 fully saturated rings. The number of aliphatic hydroxyl groups is 4.